The first-order valence-corrected chi connectivity index (χ1v) is 18.7. The van der Waals surface area contributed by atoms with Gasteiger partial charge in [0.15, 0.2) is 6.10 Å². The molecule has 1 aliphatic heterocycles. The van der Waals surface area contributed by atoms with Crippen molar-refractivity contribution >= 4 is 12.1 Å². The number of carbonyl (C=O) groups is 2. The average molecular weight is 793 g/mol. The van der Waals surface area contributed by atoms with E-state index in [1.54, 1.807) is 49.6 Å². The van der Waals surface area contributed by atoms with Crippen molar-refractivity contribution in [1.29, 1.82) is 0 Å². The molecule has 1 heterocycles. The number of likely N-dealkylation sites (tertiary alicyclic amines) is 1. The fourth-order valence-electron chi connectivity index (χ4n) is 7.06. The predicted molar refractivity (Wildman–Crippen MR) is 197 cm³/mol. The van der Waals surface area contributed by atoms with Crippen molar-refractivity contribution in [1.82, 2.24) is 9.80 Å². The second-order valence-corrected chi connectivity index (χ2v) is 16.4. The molecule has 1 saturated heterocycles. The summed E-state index contributed by atoms with van der Waals surface area (Å²) in [5.74, 6) is 0.512. The van der Waals surface area contributed by atoms with Gasteiger partial charge in [-0.15, -0.1) is 0 Å². The first kappa shape index (κ1) is 42.7. The number of nitrogens with zero attached hydrogens (tertiary/aromatic N) is 2. The molecule has 8 nitrogen and oxygen atoms in total. The molecule has 1 aliphatic carbocycles. The zero-order valence-corrected chi connectivity index (χ0v) is 32.7. The van der Waals surface area contributed by atoms with Crippen LogP contribution in [0.2, 0.25) is 0 Å². The van der Waals surface area contributed by atoms with Crippen LogP contribution in [0.25, 0.3) is 0 Å². The highest BCUT2D eigenvalue weighted by Crippen LogP contribution is 2.50. The minimum Gasteiger partial charge on any atom is -0.492 e. The number of benzene rings is 3. The average Bonchev–Trinajstić information content (AvgIpc) is 3.56. The highest BCUT2D eigenvalue weighted by atomic mass is 19.4. The van der Waals surface area contributed by atoms with Gasteiger partial charge in [-0.1, -0.05) is 51.1 Å². The SMILES string of the molecule is CCOC(=O)[C@@H](Cc1ccc(OCCN(C(=O)OC(C)(C)C)C2C3CN(Cc4ccc(C(F)(F)F)cc4C(F)(F)F)C[C@H]32)cc1)Oc1ccc(C(C)(C)C)cc1. The summed E-state index contributed by atoms with van der Waals surface area (Å²) in [5.41, 5.74) is -1.76. The van der Waals surface area contributed by atoms with Crippen molar-refractivity contribution in [2.75, 3.05) is 32.8 Å². The molecule has 0 N–H and O–H groups in total. The first-order valence-electron chi connectivity index (χ1n) is 18.7. The molecule has 1 saturated carbocycles. The molecule has 14 heteroatoms. The number of ether oxygens (including phenoxy) is 4. The number of halogens is 6. The van der Waals surface area contributed by atoms with Gasteiger partial charge in [-0.05, 0) is 98.0 Å². The third-order valence-electron chi connectivity index (χ3n) is 9.84. The van der Waals surface area contributed by atoms with Crippen LogP contribution in [0.1, 0.15) is 76.3 Å². The standard InChI is InChI=1S/C42H50F6N2O6/c1-8-53-37(51)35(55-31-17-13-28(14-18-31)39(2,3)4)21-26-9-15-30(16-10-26)54-20-19-50(38(52)56-40(5,6)7)36-32-24-49(25-33(32)36)23-27-11-12-29(41(43,44)45)22-34(27)42(46,47)48/h9-18,22,32-33,35-36H,8,19-21,23-25H2,1-7H3/t32-,33?,35-,36?/m1/s1. The second kappa shape index (κ2) is 16.6. The van der Waals surface area contributed by atoms with Gasteiger partial charge in [-0.2, -0.15) is 26.3 Å². The Bertz CT molecular complexity index is 1800. The molecular formula is C42H50F6N2O6. The van der Waals surface area contributed by atoms with Gasteiger partial charge in [0.25, 0.3) is 0 Å². The van der Waals surface area contributed by atoms with E-state index >= 15 is 0 Å². The van der Waals surface area contributed by atoms with E-state index in [1.807, 2.05) is 36.4 Å². The maximum absolute atomic E-state index is 13.8. The molecule has 3 aromatic carbocycles. The Kier molecular flexibility index (Phi) is 12.6. The van der Waals surface area contributed by atoms with Crippen LogP contribution in [0, 0.1) is 11.8 Å². The molecule has 2 aliphatic rings. The Balaban J connectivity index is 1.19. The molecule has 4 atom stereocenters. The van der Waals surface area contributed by atoms with E-state index in [0.29, 0.717) is 30.7 Å². The van der Waals surface area contributed by atoms with Crippen LogP contribution in [0.3, 0.4) is 0 Å². The number of piperidine rings is 1. The summed E-state index contributed by atoms with van der Waals surface area (Å²) in [6.07, 6.45) is -11.0. The molecule has 3 aromatic rings. The maximum Gasteiger partial charge on any atom is 0.416 e. The van der Waals surface area contributed by atoms with Gasteiger partial charge in [-0.3, -0.25) is 4.90 Å². The molecular weight excluding hydrogens is 742 g/mol. The summed E-state index contributed by atoms with van der Waals surface area (Å²) in [6, 6.07) is 16.3. The maximum atomic E-state index is 13.8. The van der Waals surface area contributed by atoms with Gasteiger partial charge in [0, 0.05) is 32.1 Å². The smallest absolute Gasteiger partial charge is 0.416 e. The summed E-state index contributed by atoms with van der Waals surface area (Å²) in [7, 11) is 0. The lowest BCUT2D eigenvalue weighted by molar-refractivity contribution is -0.151. The predicted octanol–water partition coefficient (Wildman–Crippen LogP) is 9.32. The summed E-state index contributed by atoms with van der Waals surface area (Å²) in [6.45, 7) is 14.4. The Morgan fingerprint density at radius 2 is 1.39 bits per heavy atom. The van der Waals surface area contributed by atoms with Gasteiger partial charge in [0.1, 0.15) is 23.7 Å². The Labute approximate surface area is 324 Å². The van der Waals surface area contributed by atoms with E-state index in [-0.39, 0.29) is 67.6 Å². The summed E-state index contributed by atoms with van der Waals surface area (Å²) >= 11 is 0. The minimum atomic E-state index is -4.95. The zero-order valence-electron chi connectivity index (χ0n) is 32.7. The number of esters is 1. The lowest BCUT2D eigenvalue weighted by Crippen LogP contribution is -2.43. The topological polar surface area (TPSA) is 77.5 Å². The minimum absolute atomic E-state index is 0.0328. The fourth-order valence-corrected chi connectivity index (χ4v) is 7.06. The number of amides is 1. The zero-order chi connectivity index (χ0) is 41.2. The van der Waals surface area contributed by atoms with Crippen LogP contribution >= 0.6 is 0 Å². The van der Waals surface area contributed by atoms with Gasteiger partial charge >= 0.3 is 24.4 Å². The van der Waals surface area contributed by atoms with E-state index < -0.39 is 47.2 Å². The number of alkyl halides is 6. The largest absolute Gasteiger partial charge is 0.492 e. The van der Waals surface area contributed by atoms with Crippen molar-refractivity contribution in [2.45, 2.75) is 96.9 Å². The molecule has 5 rings (SSSR count). The molecule has 2 unspecified atom stereocenters. The second-order valence-electron chi connectivity index (χ2n) is 16.4. The Hall–Kier alpha value is -4.46. The lowest BCUT2D eigenvalue weighted by atomic mass is 9.87. The van der Waals surface area contributed by atoms with Crippen molar-refractivity contribution in [3.05, 3.63) is 94.5 Å². The molecule has 0 bridgehead atoms. The number of hydrogen-bond donors (Lipinski definition) is 0. The molecule has 56 heavy (non-hydrogen) atoms. The van der Waals surface area contributed by atoms with Gasteiger partial charge in [0.05, 0.1) is 24.3 Å². The molecule has 306 valence electrons. The highest BCUT2D eigenvalue weighted by Gasteiger charge is 2.60. The number of fused-ring (bicyclic) bond motifs is 1. The van der Waals surface area contributed by atoms with Gasteiger partial charge in [0.2, 0.25) is 0 Å². The van der Waals surface area contributed by atoms with Gasteiger partial charge < -0.3 is 23.8 Å². The fraction of sp³-hybridized carbons (Fsp3) is 0.524. The monoisotopic (exact) mass is 792 g/mol. The van der Waals surface area contributed by atoms with Crippen LogP contribution in [0.15, 0.2) is 66.7 Å². The van der Waals surface area contributed by atoms with E-state index in [2.05, 4.69) is 20.8 Å². The van der Waals surface area contributed by atoms with Crippen LogP contribution in [-0.4, -0.2) is 72.5 Å². The van der Waals surface area contributed by atoms with Crippen LogP contribution in [0.4, 0.5) is 31.1 Å². The summed E-state index contributed by atoms with van der Waals surface area (Å²) in [4.78, 5) is 29.6. The van der Waals surface area contributed by atoms with Crippen LogP contribution in [0.5, 0.6) is 11.5 Å². The molecule has 0 radical (unpaired) electrons. The number of hydrogen-bond acceptors (Lipinski definition) is 7. The quantitative estimate of drug-likeness (QED) is 0.126. The van der Waals surface area contributed by atoms with Gasteiger partial charge in [-0.25, -0.2) is 9.59 Å². The first-order chi connectivity index (χ1) is 26.0. The van der Waals surface area contributed by atoms with Crippen molar-refractivity contribution in [2.24, 2.45) is 11.8 Å². The van der Waals surface area contributed by atoms with E-state index in [9.17, 15) is 35.9 Å². The lowest BCUT2D eigenvalue weighted by Gasteiger charge is -2.30. The van der Waals surface area contributed by atoms with E-state index in [1.165, 1.54) is 0 Å². The van der Waals surface area contributed by atoms with Crippen molar-refractivity contribution in [3.63, 3.8) is 0 Å². The number of rotatable bonds is 13. The summed E-state index contributed by atoms with van der Waals surface area (Å²) < 4.78 is 104. The third-order valence-corrected chi connectivity index (χ3v) is 9.84. The number of carbonyl (C=O) groups excluding carboxylic acids is 2. The molecule has 2 fully saturated rings. The van der Waals surface area contributed by atoms with Crippen molar-refractivity contribution < 1.29 is 54.9 Å². The third kappa shape index (κ3) is 11.1. The Morgan fingerprint density at radius 1 is 0.804 bits per heavy atom. The van der Waals surface area contributed by atoms with E-state index in [0.717, 1.165) is 17.2 Å². The molecule has 0 aromatic heterocycles. The molecule has 0 spiro atoms. The van der Waals surface area contributed by atoms with Crippen molar-refractivity contribution in [3.8, 4) is 11.5 Å². The van der Waals surface area contributed by atoms with E-state index in [4.69, 9.17) is 18.9 Å². The molecule has 1 amide bonds. The summed E-state index contributed by atoms with van der Waals surface area (Å²) in [5, 5.41) is 0. The van der Waals surface area contributed by atoms with Crippen LogP contribution < -0.4 is 9.47 Å². The normalized spacial score (nSPS) is 19.2. The highest BCUT2D eigenvalue weighted by molar-refractivity contribution is 5.75. The Morgan fingerprint density at radius 3 is 1.93 bits per heavy atom. The van der Waals surface area contributed by atoms with Crippen LogP contribution in [-0.2, 0) is 45.0 Å².